The number of ether oxygens (including phenoxy) is 1. The van der Waals surface area contributed by atoms with Crippen molar-refractivity contribution in [3.05, 3.63) is 75.0 Å². The number of hydrazine groups is 1. The van der Waals surface area contributed by atoms with Gasteiger partial charge in [-0.05, 0) is 56.3 Å². The van der Waals surface area contributed by atoms with Gasteiger partial charge in [0.05, 0.1) is 30.5 Å². The second kappa shape index (κ2) is 9.19. The Balaban J connectivity index is 1.68. The van der Waals surface area contributed by atoms with Crippen LogP contribution < -0.4 is 15.6 Å². The second-order valence-electron chi connectivity index (χ2n) is 6.56. The summed E-state index contributed by atoms with van der Waals surface area (Å²) in [6, 6.07) is 11.9. The van der Waals surface area contributed by atoms with Crippen molar-refractivity contribution in [3.63, 3.8) is 0 Å². The number of halogens is 2. The van der Waals surface area contributed by atoms with E-state index in [2.05, 4.69) is 16.0 Å². The van der Waals surface area contributed by atoms with Crippen LogP contribution in [0.15, 0.2) is 42.5 Å². The zero-order chi connectivity index (χ0) is 21.8. The molecule has 2 aromatic carbocycles. The molecule has 0 aliphatic heterocycles. The van der Waals surface area contributed by atoms with Gasteiger partial charge in [0, 0.05) is 21.3 Å². The predicted octanol–water partition coefficient (Wildman–Crippen LogP) is 3.81. The van der Waals surface area contributed by atoms with Crippen LogP contribution in [0.1, 0.15) is 27.3 Å². The summed E-state index contributed by atoms with van der Waals surface area (Å²) in [4.78, 5) is 24.8. The highest BCUT2D eigenvalue weighted by atomic mass is 35.5. The van der Waals surface area contributed by atoms with E-state index in [4.69, 9.17) is 27.9 Å². The summed E-state index contributed by atoms with van der Waals surface area (Å²) in [6.45, 7) is 3.72. The lowest BCUT2D eigenvalue weighted by Gasteiger charge is -2.11. The molecule has 3 aromatic rings. The van der Waals surface area contributed by atoms with Crippen molar-refractivity contribution in [3.8, 4) is 11.4 Å². The molecule has 2 N–H and O–H groups in total. The molecule has 7 nitrogen and oxygen atoms in total. The lowest BCUT2D eigenvalue weighted by atomic mass is 10.1. The third-order valence-corrected chi connectivity index (χ3v) is 5.06. The van der Waals surface area contributed by atoms with Crippen LogP contribution in [-0.4, -0.2) is 28.7 Å². The van der Waals surface area contributed by atoms with Crippen LogP contribution in [0.5, 0.6) is 5.75 Å². The first-order valence-electron chi connectivity index (χ1n) is 9.04. The van der Waals surface area contributed by atoms with Crippen molar-refractivity contribution in [1.82, 2.24) is 20.6 Å². The monoisotopic (exact) mass is 446 g/mol. The minimum atomic E-state index is -0.512. The minimum absolute atomic E-state index is 0.0588. The molecule has 9 heteroatoms. The van der Waals surface area contributed by atoms with E-state index in [0.717, 1.165) is 22.6 Å². The zero-order valence-corrected chi connectivity index (χ0v) is 18.1. The molecule has 1 heterocycles. The maximum Gasteiger partial charge on any atom is 0.273 e. The Hall–Kier alpha value is -3.03. The van der Waals surface area contributed by atoms with E-state index in [1.807, 2.05) is 26.0 Å². The maximum atomic E-state index is 12.4. The number of carbonyl (C=O) groups is 2. The van der Waals surface area contributed by atoms with Gasteiger partial charge in [-0.1, -0.05) is 23.2 Å². The molecular weight excluding hydrogens is 427 g/mol. The van der Waals surface area contributed by atoms with Crippen LogP contribution in [0.3, 0.4) is 0 Å². The number of rotatable bonds is 5. The molecule has 0 atom stereocenters. The van der Waals surface area contributed by atoms with E-state index in [-0.39, 0.29) is 17.9 Å². The Morgan fingerprint density at radius 2 is 1.70 bits per heavy atom. The zero-order valence-electron chi connectivity index (χ0n) is 16.6. The Morgan fingerprint density at radius 1 is 1.03 bits per heavy atom. The topological polar surface area (TPSA) is 85.2 Å². The average Bonchev–Trinajstić information content (AvgIpc) is 3.00. The highest BCUT2D eigenvalue weighted by Gasteiger charge is 2.18. The molecule has 0 bridgehead atoms. The van der Waals surface area contributed by atoms with Gasteiger partial charge >= 0.3 is 0 Å². The van der Waals surface area contributed by atoms with Crippen molar-refractivity contribution in [2.75, 3.05) is 7.11 Å². The van der Waals surface area contributed by atoms with Crippen LogP contribution in [0, 0.1) is 13.8 Å². The summed E-state index contributed by atoms with van der Waals surface area (Å²) in [6.07, 6.45) is 0.0588. The summed E-state index contributed by atoms with van der Waals surface area (Å²) in [7, 11) is 1.44. The number of hydrogen-bond donors (Lipinski definition) is 2. The van der Waals surface area contributed by atoms with E-state index in [0.29, 0.717) is 15.8 Å². The normalized spacial score (nSPS) is 10.6. The molecular formula is C21H20Cl2N4O3. The fraction of sp³-hybridized carbons (Fsp3) is 0.190. The van der Waals surface area contributed by atoms with Gasteiger partial charge < -0.3 is 4.74 Å². The molecule has 0 saturated heterocycles. The molecule has 0 aliphatic carbocycles. The van der Waals surface area contributed by atoms with Crippen LogP contribution in [0.25, 0.3) is 5.69 Å². The number of nitrogens with zero attached hydrogens (tertiary/aromatic N) is 2. The van der Waals surface area contributed by atoms with Gasteiger partial charge in [0.2, 0.25) is 5.91 Å². The molecule has 0 spiro atoms. The van der Waals surface area contributed by atoms with E-state index in [1.165, 1.54) is 19.2 Å². The first kappa shape index (κ1) is 21.7. The number of methoxy groups -OCH3 is 1. The second-order valence-corrected chi connectivity index (χ2v) is 7.43. The van der Waals surface area contributed by atoms with Crippen molar-refractivity contribution in [2.24, 2.45) is 0 Å². The fourth-order valence-corrected chi connectivity index (χ4v) is 3.30. The van der Waals surface area contributed by atoms with Crippen molar-refractivity contribution >= 4 is 35.0 Å². The number of benzene rings is 2. The first-order valence-corrected chi connectivity index (χ1v) is 9.79. The molecule has 1 aromatic heterocycles. The Kier molecular flexibility index (Phi) is 6.64. The molecule has 0 aliphatic rings. The van der Waals surface area contributed by atoms with Crippen molar-refractivity contribution < 1.29 is 14.3 Å². The summed E-state index contributed by atoms with van der Waals surface area (Å²) in [5, 5.41) is 5.59. The lowest BCUT2D eigenvalue weighted by Crippen LogP contribution is -2.42. The standard InChI is InChI=1S/C21H20Cl2N4O3/c1-12-18(13(2)27(26-12)16-7-4-14(22)5-8-16)11-20(28)24-25-21(29)17-9-6-15(23)10-19(17)30-3/h4-10H,11H2,1-3H3,(H,24,28)(H,25,29). The van der Waals surface area contributed by atoms with Gasteiger partial charge in [-0.25, -0.2) is 4.68 Å². The number of aryl methyl sites for hydroxylation is 1. The Bertz CT molecular complexity index is 1090. The van der Waals surface area contributed by atoms with Gasteiger partial charge in [-0.15, -0.1) is 0 Å². The SMILES string of the molecule is COc1cc(Cl)ccc1C(=O)NNC(=O)Cc1c(C)nn(-c2ccc(Cl)cc2)c1C. The molecule has 0 unspecified atom stereocenters. The minimum Gasteiger partial charge on any atom is -0.496 e. The van der Waals surface area contributed by atoms with E-state index in [9.17, 15) is 9.59 Å². The largest absolute Gasteiger partial charge is 0.496 e. The third kappa shape index (κ3) is 4.75. The highest BCUT2D eigenvalue weighted by Crippen LogP contribution is 2.23. The van der Waals surface area contributed by atoms with Gasteiger partial charge in [0.15, 0.2) is 0 Å². The lowest BCUT2D eigenvalue weighted by molar-refractivity contribution is -0.121. The Morgan fingerprint density at radius 3 is 2.37 bits per heavy atom. The van der Waals surface area contributed by atoms with E-state index in [1.54, 1.807) is 22.9 Å². The quantitative estimate of drug-likeness (QED) is 0.583. The number of nitrogens with one attached hydrogen (secondary N) is 2. The van der Waals surface area contributed by atoms with Crippen molar-refractivity contribution in [1.29, 1.82) is 0 Å². The van der Waals surface area contributed by atoms with E-state index < -0.39 is 5.91 Å². The number of amides is 2. The summed E-state index contributed by atoms with van der Waals surface area (Å²) in [5.74, 6) is -0.578. The molecule has 0 radical (unpaired) electrons. The third-order valence-electron chi connectivity index (χ3n) is 4.57. The average molecular weight is 447 g/mol. The van der Waals surface area contributed by atoms with Crippen molar-refractivity contribution in [2.45, 2.75) is 20.3 Å². The Labute approximate surface area is 183 Å². The fourth-order valence-electron chi connectivity index (χ4n) is 3.02. The molecule has 156 valence electrons. The first-order chi connectivity index (χ1) is 14.3. The van der Waals surface area contributed by atoms with Crippen LogP contribution in [0.2, 0.25) is 10.0 Å². The van der Waals surface area contributed by atoms with Gasteiger partial charge in [-0.2, -0.15) is 5.10 Å². The smallest absolute Gasteiger partial charge is 0.273 e. The molecule has 3 rings (SSSR count). The number of aromatic nitrogens is 2. The predicted molar refractivity (Wildman–Crippen MR) is 115 cm³/mol. The van der Waals surface area contributed by atoms with Crippen LogP contribution in [0.4, 0.5) is 0 Å². The van der Waals surface area contributed by atoms with Crippen LogP contribution in [-0.2, 0) is 11.2 Å². The number of carbonyl (C=O) groups excluding carboxylic acids is 2. The van der Waals surface area contributed by atoms with Crippen LogP contribution >= 0.6 is 23.2 Å². The molecule has 0 saturated carbocycles. The van der Waals surface area contributed by atoms with Gasteiger partial charge in [-0.3, -0.25) is 20.4 Å². The molecule has 30 heavy (non-hydrogen) atoms. The number of hydrogen-bond acceptors (Lipinski definition) is 4. The molecule has 0 fully saturated rings. The van der Waals surface area contributed by atoms with Gasteiger partial charge in [0.1, 0.15) is 5.75 Å². The highest BCUT2D eigenvalue weighted by molar-refractivity contribution is 6.31. The van der Waals surface area contributed by atoms with E-state index >= 15 is 0 Å². The summed E-state index contributed by atoms with van der Waals surface area (Å²) < 4.78 is 6.91. The maximum absolute atomic E-state index is 12.4. The summed E-state index contributed by atoms with van der Waals surface area (Å²) >= 11 is 11.8. The summed E-state index contributed by atoms with van der Waals surface area (Å²) in [5.41, 5.74) is 8.25. The van der Waals surface area contributed by atoms with Gasteiger partial charge in [0.25, 0.3) is 5.91 Å². The molecule has 2 amide bonds.